The molecule has 1 aliphatic carbocycles. The lowest BCUT2D eigenvalue weighted by molar-refractivity contribution is 0.550. The molecule has 0 radical (unpaired) electrons. The molecule has 2 fully saturated rings. The summed E-state index contributed by atoms with van der Waals surface area (Å²) in [5.41, 5.74) is 2.83. The van der Waals surface area contributed by atoms with Crippen LogP contribution in [0.25, 0.3) is 0 Å². The van der Waals surface area contributed by atoms with Gasteiger partial charge >= 0.3 is 0 Å². The third kappa shape index (κ3) is 1.59. The molecule has 3 heteroatoms. The summed E-state index contributed by atoms with van der Waals surface area (Å²) in [7, 11) is 0. The minimum Gasteiger partial charge on any atom is -0.352 e. The Morgan fingerprint density at radius 1 is 1.41 bits per heavy atom. The van der Waals surface area contributed by atoms with E-state index in [0.717, 1.165) is 35.1 Å². The highest BCUT2D eigenvalue weighted by Gasteiger charge is 2.39. The first-order valence-electron chi connectivity index (χ1n) is 6.34. The molecule has 1 saturated heterocycles. The first-order valence-corrected chi connectivity index (χ1v) is 6.34. The zero-order valence-corrected chi connectivity index (χ0v) is 10.4. The van der Waals surface area contributed by atoms with Gasteiger partial charge in [0, 0.05) is 18.3 Å². The van der Waals surface area contributed by atoms with Gasteiger partial charge in [0.2, 0.25) is 0 Å². The van der Waals surface area contributed by atoms with E-state index in [9.17, 15) is 5.26 Å². The van der Waals surface area contributed by atoms with E-state index in [2.05, 4.69) is 16.0 Å². The van der Waals surface area contributed by atoms with E-state index >= 15 is 0 Å². The standard InChI is InChI=1S/C14H17N3/c1-9-5-10(2)16-14(13(9)7-15)17-8-11-3-4-12(17)6-11/h5,11-12H,3-4,6,8H2,1-2H3. The van der Waals surface area contributed by atoms with Crippen LogP contribution in [0.5, 0.6) is 0 Å². The maximum absolute atomic E-state index is 9.30. The van der Waals surface area contributed by atoms with Crippen LogP contribution in [0.2, 0.25) is 0 Å². The van der Waals surface area contributed by atoms with Crippen molar-refractivity contribution in [3.05, 3.63) is 22.9 Å². The van der Waals surface area contributed by atoms with Gasteiger partial charge in [-0.05, 0) is 50.7 Å². The van der Waals surface area contributed by atoms with Crippen LogP contribution in [0.1, 0.15) is 36.1 Å². The van der Waals surface area contributed by atoms with Crippen LogP contribution >= 0.6 is 0 Å². The van der Waals surface area contributed by atoms with E-state index in [-0.39, 0.29) is 0 Å². The fourth-order valence-corrected chi connectivity index (χ4v) is 3.35. The van der Waals surface area contributed by atoms with Crippen molar-refractivity contribution in [2.24, 2.45) is 5.92 Å². The average Bonchev–Trinajstić information content (AvgIpc) is 2.89. The summed E-state index contributed by atoms with van der Waals surface area (Å²) in [6.07, 6.45) is 3.91. The number of hydrogen-bond acceptors (Lipinski definition) is 3. The van der Waals surface area contributed by atoms with Gasteiger partial charge in [-0.25, -0.2) is 4.98 Å². The molecule has 2 unspecified atom stereocenters. The Hall–Kier alpha value is -1.56. The number of anilines is 1. The molecule has 1 aromatic rings. The molecule has 0 spiro atoms. The summed E-state index contributed by atoms with van der Waals surface area (Å²) in [5, 5.41) is 9.30. The topological polar surface area (TPSA) is 39.9 Å². The third-order valence-corrected chi connectivity index (χ3v) is 4.12. The Morgan fingerprint density at radius 2 is 2.24 bits per heavy atom. The van der Waals surface area contributed by atoms with Gasteiger partial charge < -0.3 is 4.90 Å². The zero-order valence-electron chi connectivity index (χ0n) is 10.4. The Bertz CT molecular complexity index is 501. The van der Waals surface area contributed by atoms with E-state index in [1.54, 1.807) is 0 Å². The summed E-state index contributed by atoms with van der Waals surface area (Å²) in [6, 6.07) is 4.95. The molecule has 1 aliphatic heterocycles. The van der Waals surface area contributed by atoms with E-state index < -0.39 is 0 Å². The number of nitrogens with zero attached hydrogens (tertiary/aromatic N) is 3. The van der Waals surface area contributed by atoms with Crippen molar-refractivity contribution >= 4 is 5.82 Å². The average molecular weight is 227 g/mol. The number of pyridine rings is 1. The van der Waals surface area contributed by atoms with Gasteiger partial charge in [0.1, 0.15) is 11.9 Å². The highest BCUT2D eigenvalue weighted by Crippen LogP contribution is 2.40. The van der Waals surface area contributed by atoms with Crippen molar-refractivity contribution < 1.29 is 0 Å². The molecule has 88 valence electrons. The number of fused-ring (bicyclic) bond motifs is 2. The lowest BCUT2D eigenvalue weighted by Gasteiger charge is -2.29. The predicted molar refractivity (Wildman–Crippen MR) is 66.9 cm³/mol. The van der Waals surface area contributed by atoms with E-state index in [1.165, 1.54) is 19.3 Å². The van der Waals surface area contributed by atoms with Crippen LogP contribution in [-0.2, 0) is 0 Å². The van der Waals surface area contributed by atoms with Crippen molar-refractivity contribution in [3.8, 4) is 6.07 Å². The fraction of sp³-hybridized carbons (Fsp3) is 0.571. The first-order chi connectivity index (χ1) is 8.19. The lowest BCUT2D eigenvalue weighted by atomic mass is 10.1. The molecule has 2 aliphatic rings. The van der Waals surface area contributed by atoms with Crippen molar-refractivity contribution in [2.75, 3.05) is 11.4 Å². The van der Waals surface area contributed by atoms with Gasteiger partial charge in [0.05, 0.1) is 5.56 Å². The molecule has 0 amide bonds. The first kappa shape index (κ1) is 10.6. The SMILES string of the molecule is Cc1cc(C)c(C#N)c(N2CC3CCC2C3)n1. The van der Waals surface area contributed by atoms with Gasteiger partial charge in [0.15, 0.2) is 0 Å². The molecule has 3 rings (SSSR count). The van der Waals surface area contributed by atoms with E-state index in [4.69, 9.17) is 0 Å². The zero-order chi connectivity index (χ0) is 12.0. The Balaban J connectivity index is 2.06. The molecule has 17 heavy (non-hydrogen) atoms. The number of aromatic nitrogens is 1. The Morgan fingerprint density at radius 3 is 2.82 bits per heavy atom. The number of piperidine rings is 1. The Kier molecular flexibility index (Phi) is 2.32. The highest BCUT2D eigenvalue weighted by atomic mass is 15.2. The molecule has 2 heterocycles. The molecule has 0 aromatic carbocycles. The monoisotopic (exact) mass is 227 g/mol. The smallest absolute Gasteiger partial charge is 0.147 e. The van der Waals surface area contributed by atoms with Crippen molar-refractivity contribution in [1.82, 2.24) is 4.98 Å². The second-order valence-electron chi connectivity index (χ2n) is 5.38. The maximum atomic E-state index is 9.30. The minimum atomic E-state index is 0.626. The fourth-order valence-electron chi connectivity index (χ4n) is 3.35. The van der Waals surface area contributed by atoms with Crippen molar-refractivity contribution in [2.45, 2.75) is 39.2 Å². The second-order valence-corrected chi connectivity index (χ2v) is 5.38. The van der Waals surface area contributed by atoms with Crippen LogP contribution in [0.4, 0.5) is 5.82 Å². The molecule has 2 atom stereocenters. The van der Waals surface area contributed by atoms with Crippen molar-refractivity contribution in [1.29, 1.82) is 5.26 Å². The summed E-state index contributed by atoms with van der Waals surface area (Å²) < 4.78 is 0. The van der Waals surface area contributed by atoms with Crippen LogP contribution in [0, 0.1) is 31.1 Å². The molecule has 3 nitrogen and oxygen atoms in total. The largest absolute Gasteiger partial charge is 0.352 e. The highest BCUT2D eigenvalue weighted by molar-refractivity contribution is 5.59. The van der Waals surface area contributed by atoms with Gasteiger partial charge in [-0.1, -0.05) is 0 Å². The number of aryl methyl sites for hydroxylation is 2. The van der Waals surface area contributed by atoms with Gasteiger partial charge in [-0.2, -0.15) is 5.26 Å². The van der Waals surface area contributed by atoms with Gasteiger partial charge in [-0.3, -0.25) is 0 Å². The lowest BCUT2D eigenvalue weighted by Crippen LogP contribution is -2.33. The van der Waals surface area contributed by atoms with Crippen molar-refractivity contribution in [3.63, 3.8) is 0 Å². The molecular weight excluding hydrogens is 210 g/mol. The minimum absolute atomic E-state index is 0.626. The van der Waals surface area contributed by atoms with Crippen LogP contribution in [0.15, 0.2) is 6.07 Å². The third-order valence-electron chi connectivity index (χ3n) is 4.12. The second kappa shape index (κ2) is 3.73. The molecule has 2 bridgehead atoms. The summed E-state index contributed by atoms with van der Waals surface area (Å²) in [6.45, 7) is 5.10. The van der Waals surface area contributed by atoms with Gasteiger partial charge in [0.25, 0.3) is 0 Å². The molecular formula is C14H17N3. The normalized spacial score (nSPS) is 26.3. The molecule has 1 saturated carbocycles. The molecule has 1 aromatic heterocycles. The summed E-state index contributed by atoms with van der Waals surface area (Å²) in [4.78, 5) is 6.98. The van der Waals surface area contributed by atoms with Crippen LogP contribution in [0.3, 0.4) is 0 Å². The molecule has 0 N–H and O–H groups in total. The summed E-state index contributed by atoms with van der Waals surface area (Å²) in [5.74, 6) is 1.76. The Labute approximate surface area is 102 Å². The van der Waals surface area contributed by atoms with Crippen LogP contribution in [-0.4, -0.2) is 17.6 Å². The maximum Gasteiger partial charge on any atom is 0.147 e. The van der Waals surface area contributed by atoms with E-state index in [1.807, 2.05) is 19.9 Å². The number of rotatable bonds is 1. The number of nitriles is 1. The van der Waals surface area contributed by atoms with E-state index in [0.29, 0.717) is 6.04 Å². The van der Waals surface area contributed by atoms with Gasteiger partial charge in [-0.15, -0.1) is 0 Å². The van der Waals surface area contributed by atoms with Crippen LogP contribution < -0.4 is 4.90 Å². The predicted octanol–water partition coefficient (Wildman–Crippen LogP) is 2.56. The quantitative estimate of drug-likeness (QED) is 0.740. The number of hydrogen-bond donors (Lipinski definition) is 0. The summed E-state index contributed by atoms with van der Waals surface area (Å²) >= 11 is 0.